The number of hydrogen-bond donors (Lipinski definition) is 1. The van der Waals surface area contributed by atoms with Crippen molar-refractivity contribution in [2.24, 2.45) is 16.8 Å². The summed E-state index contributed by atoms with van der Waals surface area (Å²) in [5, 5.41) is 3.41. The summed E-state index contributed by atoms with van der Waals surface area (Å²) in [6, 6.07) is 10.6. The smallest absolute Gasteiger partial charge is 0.224 e. The Morgan fingerprint density at radius 1 is 1.18 bits per heavy atom. The van der Waals surface area contributed by atoms with Crippen LogP contribution in [0.5, 0.6) is 0 Å². The van der Waals surface area contributed by atoms with Gasteiger partial charge in [-0.2, -0.15) is 0 Å². The van der Waals surface area contributed by atoms with Crippen molar-refractivity contribution in [1.29, 1.82) is 0 Å². The molecule has 0 aliphatic carbocycles. The van der Waals surface area contributed by atoms with Gasteiger partial charge in [0, 0.05) is 56.8 Å². The summed E-state index contributed by atoms with van der Waals surface area (Å²) in [5.41, 5.74) is 0. The number of thioether (sulfide) groups is 1. The minimum absolute atomic E-state index is 0.271. The molecular weight excluding hydrogens is 368 g/mol. The first kappa shape index (κ1) is 21.0. The van der Waals surface area contributed by atoms with Crippen molar-refractivity contribution in [3.05, 3.63) is 30.3 Å². The highest BCUT2D eigenvalue weighted by molar-refractivity contribution is 7.99. The lowest BCUT2D eigenvalue weighted by molar-refractivity contribution is -0.132. The number of rotatable bonds is 6. The van der Waals surface area contributed by atoms with Crippen molar-refractivity contribution in [2.45, 2.75) is 37.5 Å². The number of hydrogen-bond acceptors (Lipinski definition) is 3. The average molecular weight is 403 g/mol. The van der Waals surface area contributed by atoms with E-state index >= 15 is 0 Å². The van der Waals surface area contributed by atoms with Crippen LogP contribution in [0, 0.1) is 11.8 Å². The van der Waals surface area contributed by atoms with E-state index in [1.54, 1.807) is 0 Å². The summed E-state index contributed by atoms with van der Waals surface area (Å²) in [7, 11) is 1.84. The number of benzene rings is 1. The van der Waals surface area contributed by atoms with Crippen LogP contribution in [-0.4, -0.2) is 67.2 Å². The highest BCUT2D eigenvalue weighted by atomic mass is 32.2. The van der Waals surface area contributed by atoms with E-state index in [9.17, 15) is 4.79 Å². The number of likely N-dealkylation sites (tertiary alicyclic amines) is 2. The van der Waals surface area contributed by atoms with Crippen LogP contribution >= 0.6 is 11.8 Å². The van der Waals surface area contributed by atoms with E-state index in [0.29, 0.717) is 24.8 Å². The molecule has 2 aliphatic heterocycles. The quantitative estimate of drug-likeness (QED) is 0.450. The molecule has 0 radical (unpaired) electrons. The predicted molar refractivity (Wildman–Crippen MR) is 118 cm³/mol. The standard InChI is InChI=1S/C22H34N4OS/c1-18-7-6-13-25(15-18)21(27)10-12-24-22(23-2)26-14-11-19(16-26)17-28-20-8-4-3-5-9-20/h3-5,8-9,18-19H,6-7,10-17H2,1-2H3,(H,23,24). The molecule has 2 aliphatic rings. The molecule has 1 amide bonds. The van der Waals surface area contributed by atoms with Crippen molar-refractivity contribution in [1.82, 2.24) is 15.1 Å². The Morgan fingerprint density at radius 2 is 2.00 bits per heavy atom. The fraction of sp³-hybridized carbons (Fsp3) is 0.636. The first-order chi connectivity index (χ1) is 13.7. The van der Waals surface area contributed by atoms with E-state index in [1.165, 1.54) is 17.7 Å². The van der Waals surface area contributed by atoms with Gasteiger partial charge in [0.25, 0.3) is 0 Å². The van der Waals surface area contributed by atoms with Crippen LogP contribution < -0.4 is 5.32 Å². The molecule has 0 saturated carbocycles. The van der Waals surface area contributed by atoms with Crippen molar-refractivity contribution in [2.75, 3.05) is 45.5 Å². The van der Waals surface area contributed by atoms with E-state index in [0.717, 1.165) is 44.3 Å². The zero-order valence-corrected chi connectivity index (χ0v) is 18.1. The molecule has 1 aromatic carbocycles. The van der Waals surface area contributed by atoms with E-state index in [2.05, 4.69) is 52.5 Å². The monoisotopic (exact) mass is 402 g/mol. The molecule has 2 fully saturated rings. The third-order valence-electron chi connectivity index (χ3n) is 5.66. The number of nitrogens with zero attached hydrogens (tertiary/aromatic N) is 3. The lowest BCUT2D eigenvalue weighted by Gasteiger charge is -2.31. The highest BCUT2D eigenvalue weighted by Crippen LogP contribution is 2.25. The van der Waals surface area contributed by atoms with Gasteiger partial charge in [0.1, 0.15) is 0 Å². The van der Waals surface area contributed by atoms with Crippen molar-refractivity contribution >= 4 is 23.6 Å². The van der Waals surface area contributed by atoms with Gasteiger partial charge in [-0.3, -0.25) is 9.79 Å². The molecule has 28 heavy (non-hydrogen) atoms. The van der Waals surface area contributed by atoms with Crippen LogP contribution in [0.25, 0.3) is 0 Å². The van der Waals surface area contributed by atoms with Crippen LogP contribution in [0.15, 0.2) is 40.2 Å². The van der Waals surface area contributed by atoms with Gasteiger partial charge in [-0.05, 0) is 43.2 Å². The van der Waals surface area contributed by atoms with Crippen LogP contribution in [0.2, 0.25) is 0 Å². The molecule has 5 nitrogen and oxygen atoms in total. The van der Waals surface area contributed by atoms with Gasteiger partial charge >= 0.3 is 0 Å². The molecule has 2 unspecified atom stereocenters. The van der Waals surface area contributed by atoms with E-state index in [4.69, 9.17) is 0 Å². The summed E-state index contributed by atoms with van der Waals surface area (Å²) in [5.74, 6) is 3.66. The highest BCUT2D eigenvalue weighted by Gasteiger charge is 2.25. The first-order valence-corrected chi connectivity index (χ1v) is 11.6. The van der Waals surface area contributed by atoms with Gasteiger partial charge in [-0.25, -0.2) is 0 Å². The van der Waals surface area contributed by atoms with Gasteiger partial charge in [0.2, 0.25) is 5.91 Å². The van der Waals surface area contributed by atoms with Crippen molar-refractivity contribution < 1.29 is 4.79 Å². The van der Waals surface area contributed by atoms with Crippen molar-refractivity contribution in [3.8, 4) is 0 Å². The second-order valence-corrected chi connectivity index (χ2v) is 9.13. The third kappa shape index (κ3) is 6.16. The molecule has 3 rings (SSSR count). The third-order valence-corrected chi connectivity index (χ3v) is 6.90. The van der Waals surface area contributed by atoms with Crippen LogP contribution in [-0.2, 0) is 4.79 Å². The zero-order valence-electron chi connectivity index (χ0n) is 17.3. The Bertz CT molecular complexity index is 651. The Kier molecular flexibility index (Phi) is 8.07. The predicted octanol–water partition coefficient (Wildman–Crippen LogP) is 3.32. The van der Waals surface area contributed by atoms with Crippen LogP contribution in [0.4, 0.5) is 0 Å². The van der Waals surface area contributed by atoms with E-state index < -0.39 is 0 Å². The largest absolute Gasteiger partial charge is 0.356 e. The first-order valence-electron chi connectivity index (χ1n) is 10.6. The molecule has 6 heteroatoms. The van der Waals surface area contributed by atoms with Crippen LogP contribution in [0.1, 0.15) is 32.6 Å². The second kappa shape index (κ2) is 10.7. The van der Waals surface area contributed by atoms with Gasteiger partial charge in [-0.1, -0.05) is 25.1 Å². The molecule has 1 aromatic rings. The molecule has 154 valence electrons. The maximum atomic E-state index is 12.4. The molecule has 2 atom stereocenters. The number of nitrogens with one attached hydrogen (secondary N) is 1. The van der Waals surface area contributed by atoms with E-state index in [-0.39, 0.29) is 5.91 Å². The number of carbonyl (C=O) groups is 1. The molecule has 2 saturated heterocycles. The summed E-state index contributed by atoms with van der Waals surface area (Å²) in [4.78, 5) is 22.6. The number of piperidine rings is 1. The maximum Gasteiger partial charge on any atom is 0.224 e. The summed E-state index contributed by atoms with van der Waals surface area (Å²) >= 11 is 1.94. The Morgan fingerprint density at radius 3 is 2.75 bits per heavy atom. The second-order valence-electron chi connectivity index (χ2n) is 8.04. The van der Waals surface area contributed by atoms with Gasteiger partial charge < -0.3 is 15.1 Å². The van der Waals surface area contributed by atoms with Crippen LogP contribution in [0.3, 0.4) is 0 Å². The Labute approximate surface area is 174 Å². The molecule has 1 N–H and O–H groups in total. The van der Waals surface area contributed by atoms with Gasteiger partial charge in [0.15, 0.2) is 5.96 Å². The summed E-state index contributed by atoms with van der Waals surface area (Å²) < 4.78 is 0. The normalized spacial score (nSPS) is 23.1. The molecule has 0 bridgehead atoms. The maximum absolute atomic E-state index is 12.4. The lowest BCUT2D eigenvalue weighted by atomic mass is 10.00. The average Bonchev–Trinajstić information content (AvgIpc) is 3.19. The molecule has 0 aromatic heterocycles. The minimum Gasteiger partial charge on any atom is -0.356 e. The fourth-order valence-electron chi connectivity index (χ4n) is 4.08. The summed E-state index contributed by atoms with van der Waals surface area (Å²) in [6.45, 7) is 6.81. The van der Waals surface area contributed by atoms with Gasteiger partial charge in [0.05, 0.1) is 0 Å². The SMILES string of the molecule is CN=C(NCCC(=O)N1CCCC(C)C1)N1CCC(CSc2ccccc2)C1. The Hall–Kier alpha value is -1.69. The molecule has 2 heterocycles. The lowest BCUT2D eigenvalue weighted by Crippen LogP contribution is -2.43. The van der Waals surface area contributed by atoms with Crippen molar-refractivity contribution in [3.63, 3.8) is 0 Å². The Balaban J connectivity index is 1.37. The number of aliphatic imine (C=N–C) groups is 1. The fourth-order valence-corrected chi connectivity index (χ4v) is 5.13. The summed E-state index contributed by atoms with van der Waals surface area (Å²) in [6.07, 6.45) is 4.13. The minimum atomic E-state index is 0.271. The zero-order chi connectivity index (χ0) is 19.8. The van der Waals surface area contributed by atoms with Gasteiger partial charge in [-0.15, -0.1) is 11.8 Å². The number of carbonyl (C=O) groups excluding carboxylic acids is 1. The number of amides is 1. The molecule has 0 spiro atoms. The number of guanidine groups is 1. The molecular formula is C22H34N4OS. The topological polar surface area (TPSA) is 47.9 Å². The van der Waals surface area contributed by atoms with E-state index in [1.807, 2.05) is 23.7 Å².